The van der Waals surface area contributed by atoms with Gasteiger partial charge in [-0.15, -0.1) is 12.4 Å². The quantitative estimate of drug-likeness (QED) is 0.718. The molecule has 0 aromatic heterocycles. The number of nitrogens with one attached hydrogen (secondary N) is 1. The Kier molecular flexibility index (Phi) is 7.01. The minimum absolute atomic E-state index is 0. The number of carbonyl (C=O) groups excluding carboxylic acids is 1. The first-order chi connectivity index (χ1) is 10.3. The summed E-state index contributed by atoms with van der Waals surface area (Å²) in [6, 6.07) is 4.34. The summed E-state index contributed by atoms with van der Waals surface area (Å²) in [5.74, 6) is -0.122. The summed E-state index contributed by atoms with van der Waals surface area (Å²) in [5, 5.41) is 0. The van der Waals surface area contributed by atoms with Gasteiger partial charge in [-0.1, -0.05) is 6.07 Å². The number of sulfonamides is 1. The number of aryl methyl sites for hydroxylation is 1. The smallest absolute Gasteiger partial charge is 0.338 e. The maximum absolute atomic E-state index is 12.4. The molecule has 0 spiro atoms. The highest BCUT2D eigenvalue weighted by atomic mass is 35.5. The van der Waals surface area contributed by atoms with Gasteiger partial charge in [0, 0.05) is 12.6 Å². The lowest BCUT2D eigenvalue weighted by Crippen LogP contribution is -2.38. The average Bonchev–Trinajstić information content (AvgIpc) is 3.30. The van der Waals surface area contributed by atoms with E-state index in [1.165, 1.54) is 6.07 Å². The third-order valence-corrected chi connectivity index (χ3v) is 5.29. The molecule has 1 unspecified atom stereocenters. The molecule has 0 amide bonds. The molecule has 1 aliphatic rings. The predicted octanol–water partition coefficient (Wildman–Crippen LogP) is 1.61. The van der Waals surface area contributed by atoms with Crippen LogP contribution in [0.4, 0.5) is 0 Å². The Morgan fingerprint density at radius 1 is 1.43 bits per heavy atom. The van der Waals surface area contributed by atoms with Crippen LogP contribution < -0.4 is 10.5 Å². The first-order valence-corrected chi connectivity index (χ1v) is 8.86. The molecular weight excluding hydrogens is 340 g/mol. The molecule has 3 N–H and O–H groups in total. The first-order valence-electron chi connectivity index (χ1n) is 7.38. The number of carbonyl (C=O) groups is 1. The highest BCUT2D eigenvalue weighted by molar-refractivity contribution is 7.89. The standard InChI is InChI=1S/C15H22N2O4S.ClH/c1-3-21-15(18)12-5-4-10(2)14(8-12)22(19,20)17-9-13(16)11-6-7-11;/h4-5,8,11,13,17H,3,6-7,9,16H2,1-2H3;1H. The van der Waals surface area contributed by atoms with Crippen LogP contribution in [0, 0.1) is 12.8 Å². The Bertz CT molecular complexity index is 659. The number of nitrogens with two attached hydrogens (primary N) is 1. The Morgan fingerprint density at radius 3 is 2.65 bits per heavy atom. The van der Waals surface area contributed by atoms with E-state index >= 15 is 0 Å². The lowest BCUT2D eigenvalue weighted by molar-refractivity contribution is 0.0526. The predicted molar refractivity (Wildman–Crippen MR) is 90.3 cm³/mol. The monoisotopic (exact) mass is 362 g/mol. The minimum atomic E-state index is -3.70. The lowest BCUT2D eigenvalue weighted by Gasteiger charge is -2.14. The lowest BCUT2D eigenvalue weighted by atomic mass is 10.1. The molecule has 130 valence electrons. The highest BCUT2D eigenvalue weighted by Gasteiger charge is 2.29. The Labute approximate surface area is 143 Å². The molecule has 1 aromatic carbocycles. The van der Waals surface area contributed by atoms with Gasteiger partial charge in [0.05, 0.1) is 17.1 Å². The van der Waals surface area contributed by atoms with E-state index < -0.39 is 16.0 Å². The van der Waals surface area contributed by atoms with E-state index in [-0.39, 0.29) is 42.1 Å². The molecule has 6 nitrogen and oxygen atoms in total. The van der Waals surface area contributed by atoms with Crippen LogP contribution in [0.5, 0.6) is 0 Å². The number of hydrogen-bond donors (Lipinski definition) is 2. The number of halogens is 1. The van der Waals surface area contributed by atoms with Crippen molar-refractivity contribution in [2.24, 2.45) is 11.7 Å². The fourth-order valence-electron chi connectivity index (χ4n) is 2.21. The number of esters is 1. The maximum Gasteiger partial charge on any atom is 0.338 e. The van der Waals surface area contributed by atoms with E-state index in [1.54, 1.807) is 26.0 Å². The van der Waals surface area contributed by atoms with Crippen LogP contribution in [0.15, 0.2) is 23.1 Å². The van der Waals surface area contributed by atoms with Gasteiger partial charge in [0.2, 0.25) is 10.0 Å². The number of rotatable bonds is 7. The van der Waals surface area contributed by atoms with Crippen molar-refractivity contribution < 1.29 is 17.9 Å². The molecule has 0 radical (unpaired) electrons. The Hall–Kier alpha value is -1.15. The van der Waals surface area contributed by atoms with E-state index in [0.29, 0.717) is 11.5 Å². The summed E-state index contributed by atoms with van der Waals surface area (Å²) < 4.78 is 32.3. The Morgan fingerprint density at radius 2 is 2.09 bits per heavy atom. The molecule has 0 heterocycles. The van der Waals surface area contributed by atoms with Gasteiger partial charge in [0.1, 0.15) is 0 Å². The summed E-state index contributed by atoms with van der Waals surface area (Å²) in [4.78, 5) is 11.8. The van der Waals surface area contributed by atoms with E-state index in [9.17, 15) is 13.2 Å². The molecule has 2 rings (SSSR count). The molecule has 1 saturated carbocycles. The third kappa shape index (κ3) is 5.17. The number of benzene rings is 1. The second-order valence-electron chi connectivity index (χ2n) is 5.55. The van der Waals surface area contributed by atoms with Gasteiger partial charge < -0.3 is 10.5 Å². The van der Waals surface area contributed by atoms with Crippen LogP contribution in [0.1, 0.15) is 35.7 Å². The molecule has 8 heteroatoms. The molecule has 0 bridgehead atoms. The van der Waals surface area contributed by atoms with Gasteiger partial charge in [0.15, 0.2) is 0 Å². The zero-order valence-corrected chi connectivity index (χ0v) is 14.9. The van der Waals surface area contributed by atoms with Crippen molar-refractivity contribution in [3.8, 4) is 0 Å². The number of ether oxygens (including phenoxy) is 1. The zero-order valence-electron chi connectivity index (χ0n) is 13.2. The minimum Gasteiger partial charge on any atom is -0.462 e. The fraction of sp³-hybridized carbons (Fsp3) is 0.533. The van der Waals surface area contributed by atoms with Crippen molar-refractivity contribution in [1.82, 2.24) is 4.72 Å². The summed E-state index contributed by atoms with van der Waals surface area (Å²) in [5.41, 5.74) is 6.71. The highest BCUT2D eigenvalue weighted by Crippen LogP contribution is 2.31. The van der Waals surface area contributed by atoms with Crippen LogP contribution in [0.25, 0.3) is 0 Å². The summed E-state index contributed by atoms with van der Waals surface area (Å²) in [7, 11) is -3.70. The van der Waals surface area contributed by atoms with Gasteiger partial charge in [0.25, 0.3) is 0 Å². The summed E-state index contributed by atoms with van der Waals surface area (Å²) in [6.07, 6.45) is 2.11. The van der Waals surface area contributed by atoms with Gasteiger partial charge in [-0.3, -0.25) is 0 Å². The molecule has 1 fully saturated rings. The maximum atomic E-state index is 12.4. The van der Waals surface area contributed by atoms with Crippen LogP contribution in [-0.4, -0.2) is 33.6 Å². The summed E-state index contributed by atoms with van der Waals surface area (Å²) >= 11 is 0. The molecule has 0 aliphatic heterocycles. The molecular formula is C15H23ClN2O4S. The van der Waals surface area contributed by atoms with Crippen molar-refractivity contribution in [3.63, 3.8) is 0 Å². The topological polar surface area (TPSA) is 98.5 Å². The van der Waals surface area contributed by atoms with Gasteiger partial charge in [-0.2, -0.15) is 0 Å². The molecule has 0 saturated heterocycles. The molecule has 1 aliphatic carbocycles. The van der Waals surface area contributed by atoms with E-state index in [1.807, 2.05) is 0 Å². The molecule has 23 heavy (non-hydrogen) atoms. The van der Waals surface area contributed by atoms with Crippen molar-refractivity contribution >= 4 is 28.4 Å². The third-order valence-electron chi connectivity index (χ3n) is 3.73. The first kappa shape index (κ1) is 19.9. The van der Waals surface area contributed by atoms with Crippen LogP contribution >= 0.6 is 12.4 Å². The van der Waals surface area contributed by atoms with E-state index in [4.69, 9.17) is 10.5 Å². The number of hydrogen-bond acceptors (Lipinski definition) is 5. The van der Waals surface area contributed by atoms with Gasteiger partial charge in [-0.25, -0.2) is 17.9 Å². The molecule has 1 aromatic rings. The SMILES string of the molecule is CCOC(=O)c1ccc(C)c(S(=O)(=O)NCC(N)C2CC2)c1.Cl. The van der Waals surface area contributed by atoms with Crippen molar-refractivity contribution in [2.45, 2.75) is 37.6 Å². The van der Waals surface area contributed by atoms with E-state index in [0.717, 1.165) is 12.8 Å². The summed E-state index contributed by atoms with van der Waals surface area (Å²) in [6.45, 7) is 3.83. The zero-order chi connectivity index (χ0) is 16.3. The van der Waals surface area contributed by atoms with Gasteiger partial charge in [-0.05, 0) is 50.3 Å². The van der Waals surface area contributed by atoms with Crippen molar-refractivity contribution in [3.05, 3.63) is 29.3 Å². The van der Waals surface area contributed by atoms with Crippen LogP contribution in [0.3, 0.4) is 0 Å². The second-order valence-corrected chi connectivity index (χ2v) is 7.29. The van der Waals surface area contributed by atoms with Crippen LogP contribution in [-0.2, 0) is 14.8 Å². The van der Waals surface area contributed by atoms with Gasteiger partial charge >= 0.3 is 5.97 Å². The largest absolute Gasteiger partial charge is 0.462 e. The second kappa shape index (κ2) is 8.10. The average molecular weight is 363 g/mol. The van der Waals surface area contributed by atoms with E-state index in [2.05, 4.69) is 4.72 Å². The normalized spacial score (nSPS) is 15.6. The van der Waals surface area contributed by atoms with Crippen LogP contribution in [0.2, 0.25) is 0 Å². The molecule has 1 atom stereocenters. The Balaban J connectivity index is 0.00000264. The fourth-order valence-corrected chi connectivity index (χ4v) is 3.55. The van der Waals surface area contributed by atoms with Crippen molar-refractivity contribution in [2.75, 3.05) is 13.2 Å². The van der Waals surface area contributed by atoms with Crippen molar-refractivity contribution in [1.29, 1.82) is 0 Å².